The molecule has 0 aliphatic heterocycles. The van der Waals surface area contributed by atoms with Crippen LogP contribution in [0, 0.1) is 0 Å². The molecule has 0 heterocycles. The fraction of sp³-hybridized carbons (Fsp3) is 0.707. The second-order valence-electron chi connectivity index (χ2n) is 10.5. The van der Waals surface area contributed by atoms with Crippen LogP contribution in [0.15, 0.2) is 42.5 Å². The van der Waals surface area contributed by atoms with Gasteiger partial charge < -0.3 is 18.9 Å². The average molecular weight is 735 g/mol. The van der Waals surface area contributed by atoms with Gasteiger partial charge in [-0.15, -0.1) is 0 Å². The molecule has 1 aromatic rings. The van der Waals surface area contributed by atoms with Crippen LogP contribution in [0.3, 0.4) is 0 Å². The summed E-state index contributed by atoms with van der Waals surface area (Å²) in [6, 6.07) is 10.1. The zero-order valence-electron chi connectivity index (χ0n) is 26.0. The normalized spacial score (nSPS) is 11.9. The quantitative estimate of drug-likeness (QED) is 0.0617. The van der Waals surface area contributed by atoms with Gasteiger partial charge >= 0.3 is 17.9 Å². The van der Waals surface area contributed by atoms with Crippen LogP contribution in [0.4, 0.5) is 0 Å². The molecule has 0 radical (unpaired) electrons. The number of carbonyl (C=O) groups excluding carboxylic acids is 4. The molecule has 1 rings (SSSR count). The summed E-state index contributed by atoms with van der Waals surface area (Å²) in [6.07, 6.45) is 6.31. The van der Waals surface area contributed by atoms with E-state index in [1.807, 2.05) is 37.3 Å². The molecule has 0 bridgehead atoms. The highest BCUT2D eigenvalue weighted by Gasteiger charge is 2.24. The van der Waals surface area contributed by atoms with Crippen molar-refractivity contribution < 1.29 is 38.1 Å². The van der Waals surface area contributed by atoms with Crippen molar-refractivity contribution >= 4 is 35.5 Å². The zero-order chi connectivity index (χ0) is 31.2. The largest absolute Gasteiger partial charge is 0.462 e. The molecule has 8 nitrogen and oxygen atoms in total. The topological polar surface area (TPSA) is 105 Å². The minimum Gasteiger partial charge on any atom is -0.462 e. The van der Waals surface area contributed by atoms with Crippen molar-refractivity contribution in [3.8, 4) is 0 Å². The third-order valence-corrected chi connectivity index (χ3v) is 7.48. The number of esters is 3. The Morgan fingerprint density at radius 1 is 0.700 bits per heavy atom. The van der Waals surface area contributed by atoms with Crippen molar-refractivity contribution in [1.29, 1.82) is 0 Å². The number of carbonyl (C=O) groups is 4. The molecule has 4 atom stereocenters. The van der Waals surface area contributed by atoms with Gasteiger partial charge in [-0.2, -0.15) is 11.8 Å². The number of hydrogen-bond donors (Lipinski definition) is 0. The van der Waals surface area contributed by atoms with Crippen LogP contribution in [0.25, 0.3) is 0 Å². The Balaban J connectivity index is -0.000000367. The molecule has 1 aromatic carbocycles. The van der Waals surface area contributed by atoms with E-state index in [0.29, 0.717) is 18.6 Å². The molecular weight excluding hydrogens is 653 g/mol. The Labute approximate surface area is 315 Å². The lowest BCUT2D eigenvalue weighted by Crippen LogP contribution is -2.29. The molecule has 0 aliphatic carbocycles. The molecule has 9 heteroatoms. The van der Waals surface area contributed by atoms with Gasteiger partial charge in [-0.25, -0.2) is 0 Å². The lowest BCUT2D eigenvalue weighted by Gasteiger charge is -2.21. The predicted molar refractivity (Wildman–Crippen MR) is 220 cm³/mol. The third-order valence-electron chi connectivity index (χ3n) is 6.34. The standard InChI is InChI=1S/C33H50O8S.8CH4/c1-6-8-10-14-18-28(19-25(3)34)40-33(37)21-29(17-9-7-2)41-31(35)20-26(4)39-32(36)22-30(38-5)24-42-23-27-15-12-11-13-16-27;;;;;;;;/h10-16,26,28-30H,6-9,17-24H2,1-5H3;8*1H4. The highest BCUT2D eigenvalue weighted by molar-refractivity contribution is 7.98. The Hall–Kier alpha value is -2.65. The first kappa shape index (κ1) is 65.7. The summed E-state index contributed by atoms with van der Waals surface area (Å²) >= 11 is 1.68. The molecule has 4 unspecified atom stereocenters. The van der Waals surface area contributed by atoms with Crippen molar-refractivity contribution in [1.82, 2.24) is 0 Å². The van der Waals surface area contributed by atoms with Crippen LogP contribution in [0.5, 0.6) is 0 Å². The first-order valence-electron chi connectivity index (χ1n) is 15.0. The Morgan fingerprint density at radius 3 is 1.78 bits per heavy atom. The Bertz CT molecular complexity index is 951. The summed E-state index contributed by atoms with van der Waals surface area (Å²) in [5, 5.41) is 0. The molecule has 0 spiro atoms. The number of ketones is 1. The first-order chi connectivity index (χ1) is 20.2. The van der Waals surface area contributed by atoms with Gasteiger partial charge in [0.15, 0.2) is 0 Å². The first-order valence-corrected chi connectivity index (χ1v) is 16.2. The lowest BCUT2D eigenvalue weighted by molar-refractivity contribution is -0.161. The van der Waals surface area contributed by atoms with Crippen LogP contribution in [-0.2, 0) is 43.9 Å². The predicted octanol–water partition coefficient (Wildman–Crippen LogP) is 11.9. The summed E-state index contributed by atoms with van der Waals surface area (Å²) in [6.45, 7) is 7.19. The van der Waals surface area contributed by atoms with E-state index in [0.717, 1.165) is 31.4 Å². The van der Waals surface area contributed by atoms with Crippen molar-refractivity contribution in [3.05, 3.63) is 48.0 Å². The number of hydrogen-bond acceptors (Lipinski definition) is 9. The summed E-state index contributed by atoms with van der Waals surface area (Å²) in [7, 11) is 1.56. The van der Waals surface area contributed by atoms with Crippen molar-refractivity contribution in [2.24, 2.45) is 0 Å². The molecule has 0 aromatic heterocycles. The number of methoxy groups -OCH3 is 1. The average Bonchev–Trinajstić information content (AvgIpc) is 2.93. The second-order valence-corrected chi connectivity index (χ2v) is 11.6. The minimum atomic E-state index is -0.687. The molecule has 0 saturated heterocycles. The molecule has 0 saturated carbocycles. The number of thioether (sulfide) groups is 1. The molecule has 0 fully saturated rings. The SMILES string of the molecule is C.C.C.C.C.C.C.C.CCCC=CCC(CC(C)=O)OC(=O)CC(CCCC)OC(=O)CC(C)OC(=O)CC(CSCc1ccccc1)OC. The number of ether oxygens (including phenoxy) is 4. The van der Waals surface area contributed by atoms with E-state index in [-0.39, 0.29) is 97.0 Å². The van der Waals surface area contributed by atoms with E-state index in [1.165, 1.54) is 12.5 Å². The summed E-state index contributed by atoms with van der Waals surface area (Å²) < 4.78 is 22.1. The van der Waals surface area contributed by atoms with Crippen LogP contribution in [-0.4, -0.2) is 61.0 Å². The molecule has 0 N–H and O–H groups in total. The van der Waals surface area contributed by atoms with Crippen molar-refractivity contribution in [2.45, 2.75) is 181 Å². The molecule has 0 aliphatic rings. The van der Waals surface area contributed by atoms with Gasteiger partial charge in [-0.3, -0.25) is 19.2 Å². The van der Waals surface area contributed by atoms with Gasteiger partial charge in [0.1, 0.15) is 24.1 Å². The minimum absolute atomic E-state index is 0. The van der Waals surface area contributed by atoms with Crippen LogP contribution in [0.1, 0.15) is 157 Å². The maximum absolute atomic E-state index is 12.7. The fourth-order valence-corrected chi connectivity index (χ4v) is 5.20. The molecular formula is C41H82O8S. The van der Waals surface area contributed by atoms with Gasteiger partial charge in [0, 0.05) is 31.5 Å². The van der Waals surface area contributed by atoms with Crippen molar-refractivity contribution in [3.63, 3.8) is 0 Å². The Morgan fingerprint density at radius 2 is 1.24 bits per heavy atom. The Kier molecular flexibility index (Phi) is 53.6. The lowest BCUT2D eigenvalue weighted by atomic mass is 10.1. The summed E-state index contributed by atoms with van der Waals surface area (Å²) in [4.78, 5) is 49.5. The highest BCUT2D eigenvalue weighted by Crippen LogP contribution is 2.18. The monoisotopic (exact) mass is 735 g/mol. The molecule has 300 valence electrons. The van der Waals surface area contributed by atoms with Gasteiger partial charge in [0.05, 0.1) is 25.4 Å². The second kappa shape index (κ2) is 40.8. The highest BCUT2D eigenvalue weighted by atomic mass is 32.2. The maximum atomic E-state index is 12.7. The maximum Gasteiger partial charge on any atom is 0.309 e. The fourth-order valence-electron chi connectivity index (χ4n) is 4.14. The summed E-state index contributed by atoms with van der Waals surface area (Å²) in [5.41, 5.74) is 1.20. The smallest absolute Gasteiger partial charge is 0.309 e. The van der Waals surface area contributed by atoms with Crippen LogP contribution < -0.4 is 0 Å². The van der Waals surface area contributed by atoms with E-state index in [9.17, 15) is 19.2 Å². The van der Waals surface area contributed by atoms with Crippen LogP contribution >= 0.6 is 11.8 Å². The number of rotatable bonds is 23. The van der Waals surface area contributed by atoms with E-state index in [2.05, 4.69) is 19.1 Å². The summed E-state index contributed by atoms with van der Waals surface area (Å²) in [5.74, 6) is -0.106. The van der Waals surface area contributed by atoms with Gasteiger partial charge in [-0.05, 0) is 32.3 Å². The van der Waals surface area contributed by atoms with Crippen molar-refractivity contribution in [2.75, 3.05) is 12.9 Å². The van der Waals surface area contributed by atoms with Gasteiger partial charge in [0.2, 0.25) is 0 Å². The van der Waals surface area contributed by atoms with E-state index >= 15 is 0 Å². The zero-order valence-corrected chi connectivity index (χ0v) is 26.8. The van der Waals surface area contributed by atoms with E-state index in [1.54, 1.807) is 25.8 Å². The van der Waals surface area contributed by atoms with E-state index < -0.39 is 36.2 Å². The number of allylic oxidation sites excluding steroid dienone is 1. The number of Topliss-reactive ketones (excluding diaryl/α,β-unsaturated/α-hetero) is 1. The van der Waals surface area contributed by atoms with E-state index in [4.69, 9.17) is 18.9 Å². The molecule has 0 amide bonds. The molecule has 50 heavy (non-hydrogen) atoms. The third kappa shape index (κ3) is 33.8. The van der Waals surface area contributed by atoms with Gasteiger partial charge in [-0.1, -0.05) is 135 Å². The van der Waals surface area contributed by atoms with Crippen LogP contribution in [0.2, 0.25) is 0 Å². The van der Waals surface area contributed by atoms with Gasteiger partial charge in [0.25, 0.3) is 0 Å². The number of unbranched alkanes of at least 4 members (excludes halogenated alkanes) is 2. The number of benzene rings is 1.